The number of benzene rings is 1. The van der Waals surface area contributed by atoms with Gasteiger partial charge in [-0.05, 0) is 44.9 Å². The van der Waals surface area contributed by atoms with Crippen molar-refractivity contribution in [1.82, 2.24) is 5.32 Å². The van der Waals surface area contributed by atoms with Crippen LogP contribution in [0.3, 0.4) is 0 Å². The molecule has 0 saturated carbocycles. The summed E-state index contributed by atoms with van der Waals surface area (Å²) in [6.45, 7) is 7.84. The Morgan fingerprint density at radius 3 is 2.59 bits per heavy atom. The maximum absolute atomic E-state index is 11.4. The minimum Gasteiger partial charge on any atom is -0.444 e. The summed E-state index contributed by atoms with van der Waals surface area (Å²) in [6.07, 6.45) is -0.422. The van der Waals surface area contributed by atoms with Crippen LogP contribution in [0.15, 0.2) is 18.2 Å². The minimum atomic E-state index is -0.477. The van der Waals surface area contributed by atoms with E-state index in [-0.39, 0.29) is 0 Å². The first kappa shape index (κ1) is 13.8. The van der Waals surface area contributed by atoms with Gasteiger partial charge in [0.15, 0.2) is 0 Å². The highest BCUT2D eigenvalue weighted by Gasteiger charge is 2.15. The van der Waals surface area contributed by atoms with Crippen LogP contribution in [0.1, 0.15) is 31.9 Å². The third kappa shape index (κ3) is 5.09. The summed E-state index contributed by atoms with van der Waals surface area (Å²) < 4.78 is 5.13. The predicted octanol–water partition coefficient (Wildman–Crippen LogP) is 3.67. The van der Waals surface area contributed by atoms with Crippen molar-refractivity contribution in [2.45, 2.75) is 39.8 Å². The van der Waals surface area contributed by atoms with Gasteiger partial charge in [-0.3, -0.25) is 0 Å². The predicted molar refractivity (Wildman–Crippen MR) is 69.3 cm³/mol. The van der Waals surface area contributed by atoms with Crippen LogP contribution in [0.5, 0.6) is 0 Å². The highest BCUT2D eigenvalue weighted by Crippen LogP contribution is 2.16. The number of ether oxygens (including phenoxy) is 1. The number of rotatable bonds is 2. The summed E-state index contributed by atoms with van der Waals surface area (Å²) in [5.74, 6) is 0. The molecule has 1 N–H and O–H groups in total. The fourth-order valence-electron chi connectivity index (χ4n) is 1.23. The average Bonchev–Trinajstić information content (AvgIpc) is 2.17. The van der Waals surface area contributed by atoms with Crippen molar-refractivity contribution in [3.8, 4) is 0 Å². The van der Waals surface area contributed by atoms with E-state index < -0.39 is 11.7 Å². The Balaban J connectivity index is 2.50. The van der Waals surface area contributed by atoms with Crippen molar-refractivity contribution in [2.75, 3.05) is 0 Å². The Hall–Kier alpha value is -1.22. The molecule has 0 atom stereocenters. The molecule has 0 aliphatic heterocycles. The van der Waals surface area contributed by atoms with Crippen LogP contribution in [0, 0.1) is 6.92 Å². The fraction of sp³-hybridized carbons (Fsp3) is 0.462. The van der Waals surface area contributed by atoms with E-state index in [0.717, 1.165) is 11.1 Å². The van der Waals surface area contributed by atoms with Gasteiger partial charge in [0, 0.05) is 11.6 Å². The van der Waals surface area contributed by atoms with Gasteiger partial charge in [-0.25, -0.2) is 4.79 Å². The van der Waals surface area contributed by atoms with Crippen molar-refractivity contribution in [2.24, 2.45) is 0 Å². The molecule has 0 unspecified atom stereocenters. The number of nitrogens with one attached hydrogen (secondary N) is 1. The molecule has 0 aromatic heterocycles. The van der Waals surface area contributed by atoms with E-state index in [1.807, 2.05) is 45.9 Å². The molecule has 0 radical (unpaired) electrons. The van der Waals surface area contributed by atoms with Gasteiger partial charge in [-0.2, -0.15) is 0 Å². The zero-order chi connectivity index (χ0) is 13.1. The Labute approximate surface area is 107 Å². The van der Waals surface area contributed by atoms with Crippen LogP contribution < -0.4 is 5.32 Å². The van der Waals surface area contributed by atoms with Gasteiger partial charge < -0.3 is 10.1 Å². The SMILES string of the molecule is Cc1ccc(CNC(=O)OC(C)(C)C)cc1Cl. The number of hydrogen-bond donors (Lipinski definition) is 1. The highest BCUT2D eigenvalue weighted by atomic mass is 35.5. The molecule has 17 heavy (non-hydrogen) atoms. The summed E-state index contributed by atoms with van der Waals surface area (Å²) in [6, 6.07) is 5.70. The molecule has 3 nitrogen and oxygen atoms in total. The minimum absolute atomic E-state index is 0.412. The largest absolute Gasteiger partial charge is 0.444 e. The van der Waals surface area contributed by atoms with E-state index in [9.17, 15) is 4.79 Å². The monoisotopic (exact) mass is 255 g/mol. The molecular formula is C13H18ClNO2. The third-order valence-corrected chi connectivity index (χ3v) is 2.48. The Morgan fingerprint density at radius 2 is 2.06 bits per heavy atom. The van der Waals surface area contributed by atoms with E-state index >= 15 is 0 Å². The van der Waals surface area contributed by atoms with Gasteiger partial charge in [0.25, 0.3) is 0 Å². The molecule has 0 aliphatic rings. The van der Waals surface area contributed by atoms with Crippen LogP contribution in [-0.4, -0.2) is 11.7 Å². The van der Waals surface area contributed by atoms with Gasteiger partial charge in [0.1, 0.15) is 5.60 Å². The number of aryl methyl sites for hydroxylation is 1. The third-order valence-electron chi connectivity index (χ3n) is 2.07. The number of hydrogen-bond acceptors (Lipinski definition) is 2. The first-order valence-electron chi connectivity index (χ1n) is 5.50. The smallest absolute Gasteiger partial charge is 0.407 e. The van der Waals surface area contributed by atoms with Crippen LogP contribution >= 0.6 is 11.6 Å². The zero-order valence-corrected chi connectivity index (χ0v) is 11.4. The molecule has 0 fully saturated rings. The van der Waals surface area contributed by atoms with Gasteiger partial charge in [0.2, 0.25) is 0 Å². The summed E-state index contributed by atoms with van der Waals surface area (Å²) in [4.78, 5) is 11.4. The van der Waals surface area contributed by atoms with Gasteiger partial charge in [-0.1, -0.05) is 23.7 Å². The molecule has 0 heterocycles. The Morgan fingerprint density at radius 1 is 1.41 bits per heavy atom. The lowest BCUT2D eigenvalue weighted by molar-refractivity contribution is 0.0523. The molecule has 94 valence electrons. The van der Waals surface area contributed by atoms with Crippen molar-refractivity contribution < 1.29 is 9.53 Å². The molecule has 4 heteroatoms. The molecule has 0 spiro atoms. The quantitative estimate of drug-likeness (QED) is 0.876. The van der Waals surface area contributed by atoms with Gasteiger partial charge >= 0.3 is 6.09 Å². The van der Waals surface area contributed by atoms with E-state index in [0.29, 0.717) is 11.6 Å². The fourth-order valence-corrected chi connectivity index (χ4v) is 1.44. The first-order chi connectivity index (χ1) is 7.78. The summed E-state index contributed by atoms with van der Waals surface area (Å²) >= 11 is 5.99. The maximum atomic E-state index is 11.4. The summed E-state index contributed by atoms with van der Waals surface area (Å²) in [5, 5.41) is 3.38. The molecule has 0 saturated heterocycles. The molecule has 0 bridgehead atoms. The zero-order valence-electron chi connectivity index (χ0n) is 10.6. The van der Waals surface area contributed by atoms with Crippen molar-refractivity contribution in [3.63, 3.8) is 0 Å². The molecule has 1 aromatic carbocycles. The lowest BCUT2D eigenvalue weighted by Crippen LogP contribution is -2.32. The second kappa shape index (κ2) is 5.41. The lowest BCUT2D eigenvalue weighted by atomic mass is 10.1. The normalized spacial score (nSPS) is 11.1. The maximum Gasteiger partial charge on any atom is 0.407 e. The summed E-state index contributed by atoms with van der Waals surface area (Å²) in [5.41, 5.74) is 1.49. The van der Waals surface area contributed by atoms with Crippen LogP contribution in [0.2, 0.25) is 5.02 Å². The van der Waals surface area contributed by atoms with E-state index in [2.05, 4.69) is 5.32 Å². The van der Waals surface area contributed by atoms with Crippen LogP contribution in [0.25, 0.3) is 0 Å². The second-order valence-electron chi connectivity index (χ2n) is 4.94. The van der Waals surface area contributed by atoms with E-state index in [4.69, 9.17) is 16.3 Å². The first-order valence-corrected chi connectivity index (χ1v) is 5.87. The number of amides is 1. The van der Waals surface area contributed by atoms with Gasteiger partial charge in [0.05, 0.1) is 0 Å². The molecular weight excluding hydrogens is 238 g/mol. The Kier molecular flexibility index (Phi) is 4.40. The van der Waals surface area contributed by atoms with Crippen LogP contribution in [0.4, 0.5) is 4.79 Å². The number of carbonyl (C=O) groups excluding carboxylic acids is 1. The van der Waals surface area contributed by atoms with E-state index in [1.54, 1.807) is 0 Å². The topological polar surface area (TPSA) is 38.3 Å². The number of carbonyl (C=O) groups is 1. The average molecular weight is 256 g/mol. The lowest BCUT2D eigenvalue weighted by Gasteiger charge is -2.19. The van der Waals surface area contributed by atoms with Crippen molar-refractivity contribution in [1.29, 1.82) is 0 Å². The highest BCUT2D eigenvalue weighted by molar-refractivity contribution is 6.31. The summed E-state index contributed by atoms with van der Waals surface area (Å²) in [7, 11) is 0. The van der Waals surface area contributed by atoms with Crippen molar-refractivity contribution >= 4 is 17.7 Å². The van der Waals surface area contributed by atoms with Crippen LogP contribution in [-0.2, 0) is 11.3 Å². The Bertz CT molecular complexity index is 410. The molecule has 0 aliphatic carbocycles. The number of halogens is 1. The molecule has 1 rings (SSSR count). The molecule has 1 aromatic rings. The van der Waals surface area contributed by atoms with E-state index in [1.165, 1.54) is 0 Å². The van der Waals surface area contributed by atoms with Crippen molar-refractivity contribution in [3.05, 3.63) is 34.3 Å². The second-order valence-corrected chi connectivity index (χ2v) is 5.35. The molecule has 1 amide bonds. The number of alkyl carbamates (subject to hydrolysis) is 1. The standard InChI is InChI=1S/C13H18ClNO2/c1-9-5-6-10(7-11(9)14)8-15-12(16)17-13(2,3)4/h5-7H,8H2,1-4H3,(H,15,16). The van der Waals surface area contributed by atoms with Gasteiger partial charge in [-0.15, -0.1) is 0 Å².